The van der Waals surface area contributed by atoms with E-state index >= 15 is 0 Å². The fourth-order valence-electron chi connectivity index (χ4n) is 1.33. The topological polar surface area (TPSA) is 73.1 Å². The van der Waals surface area contributed by atoms with Crippen molar-refractivity contribution in [3.05, 3.63) is 29.3 Å². The third kappa shape index (κ3) is 3.15. The number of nitrogens with zero attached hydrogens (tertiary/aromatic N) is 2. The highest BCUT2D eigenvalue weighted by Gasteiger charge is 2.03. The number of nitrogens with two attached hydrogens (primary N) is 1. The van der Waals surface area contributed by atoms with E-state index in [1.54, 1.807) is 7.11 Å². The van der Waals surface area contributed by atoms with Gasteiger partial charge < -0.3 is 15.8 Å². The van der Waals surface area contributed by atoms with E-state index < -0.39 is 0 Å². The fourth-order valence-corrected chi connectivity index (χ4v) is 2.10. The molecule has 3 N–H and O–H groups in total. The second kappa shape index (κ2) is 5.60. The highest BCUT2D eigenvalue weighted by atomic mass is 32.1. The minimum Gasteiger partial charge on any atom is -0.497 e. The number of aromatic nitrogens is 2. The van der Waals surface area contributed by atoms with E-state index in [-0.39, 0.29) is 0 Å². The molecule has 0 aliphatic heterocycles. The molecule has 0 unspecified atom stereocenters. The van der Waals surface area contributed by atoms with Crippen LogP contribution in [0.5, 0.6) is 5.75 Å². The van der Waals surface area contributed by atoms with Crippen molar-refractivity contribution in [3.63, 3.8) is 0 Å². The first-order valence-electron chi connectivity index (χ1n) is 5.25. The lowest BCUT2D eigenvalue weighted by molar-refractivity contribution is 0.415. The molecule has 2 rings (SSSR count). The van der Waals surface area contributed by atoms with Crippen LogP contribution >= 0.6 is 11.3 Å². The van der Waals surface area contributed by atoms with Crippen molar-refractivity contribution in [2.45, 2.75) is 6.42 Å². The Kier molecular flexibility index (Phi) is 3.89. The molecule has 0 spiro atoms. The summed E-state index contributed by atoms with van der Waals surface area (Å²) in [6, 6.07) is 7.65. The maximum atomic E-state index is 5.46. The number of hydrogen-bond donors (Lipinski definition) is 2. The van der Waals surface area contributed by atoms with Gasteiger partial charge in [-0.1, -0.05) is 11.3 Å². The van der Waals surface area contributed by atoms with Gasteiger partial charge in [0, 0.05) is 12.1 Å². The summed E-state index contributed by atoms with van der Waals surface area (Å²) in [6.45, 7) is 0.594. The standard InChI is InChI=1S/C11H14N4OS/c1-16-9-4-2-8(3-5-9)13-11-15-14-10(17-11)6-7-12/h2-5H,6-7,12H2,1H3,(H,13,15). The molecule has 0 radical (unpaired) electrons. The molecule has 0 bridgehead atoms. The molecule has 0 aliphatic rings. The van der Waals surface area contributed by atoms with Crippen molar-refractivity contribution in [2.75, 3.05) is 19.0 Å². The van der Waals surface area contributed by atoms with E-state index in [0.29, 0.717) is 6.54 Å². The molecule has 0 saturated heterocycles. The minimum atomic E-state index is 0.594. The van der Waals surface area contributed by atoms with Gasteiger partial charge in [0.05, 0.1) is 7.11 Å². The van der Waals surface area contributed by atoms with Crippen LogP contribution in [0.15, 0.2) is 24.3 Å². The second-order valence-electron chi connectivity index (χ2n) is 3.39. The van der Waals surface area contributed by atoms with Gasteiger partial charge in [0.15, 0.2) is 0 Å². The Morgan fingerprint density at radius 2 is 2.06 bits per heavy atom. The Labute approximate surface area is 104 Å². The largest absolute Gasteiger partial charge is 0.497 e. The van der Waals surface area contributed by atoms with Gasteiger partial charge in [-0.15, -0.1) is 10.2 Å². The number of nitrogens with one attached hydrogen (secondary N) is 1. The first-order chi connectivity index (χ1) is 8.31. The van der Waals surface area contributed by atoms with Gasteiger partial charge in [-0.2, -0.15) is 0 Å². The second-order valence-corrected chi connectivity index (χ2v) is 4.46. The summed E-state index contributed by atoms with van der Waals surface area (Å²) in [5.74, 6) is 0.830. The number of ether oxygens (including phenoxy) is 1. The van der Waals surface area contributed by atoms with Crippen LogP contribution in [0.25, 0.3) is 0 Å². The quantitative estimate of drug-likeness (QED) is 0.846. The molecule has 0 amide bonds. The van der Waals surface area contributed by atoms with Crippen LogP contribution in [0.4, 0.5) is 10.8 Å². The summed E-state index contributed by atoms with van der Waals surface area (Å²) >= 11 is 1.52. The smallest absolute Gasteiger partial charge is 0.210 e. The van der Waals surface area contributed by atoms with Gasteiger partial charge >= 0.3 is 0 Å². The Morgan fingerprint density at radius 3 is 2.71 bits per heavy atom. The van der Waals surface area contributed by atoms with Gasteiger partial charge in [0.1, 0.15) is 10.8 Å². The van der Waals surface area contributed by atoms with Gasteiger partial charge in [-0.05, 0) is 30.8 Å². The van der Waals surface area contributed by atoms with Crippen LogP contribution in [-0.2, 0) is 6.42 Å². The molecule has 0 aliphatic carbocycles. The first-order valence-corrected chi connectivity index (χ1v) is 6.07. The average molecular weight is 250 g/mol. The van der Waals surface area contributed by atoms with Crippen LogP contribution in [0.2, 0.25) is 0 Å². The number of hydrogen-bond acceptors (Lipinski definition) is 6. The molecule has 0 saturated carbocycles. The summed E-state index contributed by atoms with van der Waals surface area (Å²) in [4.78, 5) is 0. The lowest BCUT2D eigenvalue weighted by Gasteiger charge is -2.03. The van der Waals surface area contributed by atoms with E-state index in [2.05, 4.69) is 15.5 Å². The molecule has 1 heterocycles. The lowest BCUT2D eigenvalue weighted by Crippen LogP contribution is -2.01. The SMILES string of the molecule is COc1ccc(Nc2nnc(CCN)s2)cc1. The molecule has 1 aromatic carbocycles. The van der Waals surface area contributed by atoms with E-state index in [1.165, 1.54) is 11.3 Å². The molecule has 0 atom stereocenters. The van der Waals surface area contributed by atoms with Crippen molar-refractivity contribution in [1.82, 2.24) is 10.2 Å². The fraction of sp³-hybridized carbons (Fsp3) is 0.273. The summed E-state index contributed by atoms with van der Waals surface area (Å²) in [7, 11) is 1.65. The minimum absolute atomic E-state index is 0.594. The average Bonchev–Trinajstić information content (AvgIpc) is 2.78. The number of methoxy groups -OCH3 is 1. The van der Waals surface area contributed by atoms with E-state index in [4.69, 9.17) is 10.5 Å². The molecule has 0 fully saturated rings. The van der Waals surface area contributed by atoms with E-state index in [1.807, 2.05) is 24.3 Å². The van der Waals surface area contributed by atoms with Crippen molar-refractivity contribution in [2.24, 2.45) is 5.73 Å². The molecule has 17 heavy (non-hydrogen) atoms. The first kappa shape index (κ1) is 11.8. The zero-order valence-corrected chi connectivity index (χ0v) is 10.3. The van der Waals surface area contributed by atoms with Crippen LogP contribution in [0.1, 0.15) is 5.01 Å². The van der Waals surface area contributed by atoms with Gasteiger partial charge in [-0.25, -0.2) is 0 Å². The Hall–Kier alpha value is -1.66. The van der Waals surface area contributed by atoms with Gasteiger partial charge in [0.25, 0.3) is 0 Å². The molecule has 90 valence electrons. The normalized spacial score (nSPS) is 10.2. The van der Waals surface area contributed by atoms with Crippen LogP contribution in [0.3, 0.4) is 0 Å². The summed E-state index contributed by atoms with van der Waals surface area (Å²) in [5.41, 5.74) is 6.42. The monoisotopic (exact) mass is 250 g/mol. The zero-order chi connectivity index (χ0) is 12.1. The molecule has 5 nitrogen and oxygen atoms in total. The van der Waals surface area contributed by atoms with Gasteiger partial charge in [0.2, 0.25) is 5.13 Å². The summed E-state index contributed by atoms with van der Waals surface area (Å²) in [6.07, 6.45) is 0.766. The predicted octanol–water partition coefficient (Wildman–Crippen LogP) is 1.79. The van der Waals surface area contributed by atoms with E-state index in [9.17, 15) is 0 Å². The Morgan fingerprint density at radius 1 is 1.29 bits per heavy atom. The van der Waals surface area contributed by atoms with Crippen molar-refractivity contribution in [1.29, 1.82) is 0 Å². The Balaban J connectivity index is 2.03. The third-order valence-electron chi connectivity index (χ3n) is 2.17. The highest BCUT2D eigenvalue weighted by molar-refractivity contribution is 7.15. The molecule has 2 aromatic rings. The maximum Gasteiger partial charge on any atom is 0.210 e. The van der Waals surface area contributed by atoms with Crippen LogP contribution in [-0.4, -0.2) is 23.9 Å². The number of rotatable bonds is 5. The summed E-state index contributed by atoms with van der Waals surface area (Å²) < 4.78 is 5.09. The lowest BCUT2D eigenvalue weighted by atomic mass is 10.3. The maximum absolute atomic E-state index is 5.46. The van der Waals surface area contributed by atoms with Crippen LogP contribution < -0.4 is 15.8 Å². The number of anilines is 2. The van der Waals surface area contributed by atoms with Crippen molar-refractivity contribution in [3.8, 4) is 5.75 Å². The predicted molar refractivity (Wildman–Crippen MR) is 68.9 cm³/mol. The third-order valence-corrected chi connectivity index (χ3v) is 3.06. The molecular weight excluding hydrogens is 236 g/mol. The number of benzene rings is 1. The van der Waals surface area contributed by atoms with Crippen LogP contribution in [0, 0.1) is 0 Å². The van der Waals surface area contributed by atoms with Crippen molar-refractivity contribution >= 4 is 22.2 Å². The molecule has 1 aromatic heterocycles. The highest BCUT2D eigenvalue weighted by Crippen LogP contribution is 2.22. The zero-order valence-electron chi connectivity index (χ0n) is 9.51. The summed E-state index contributed by atoms with van der Waals surface area (Å²) in [5, 5.41) is 13.0. The van der Waals surface area contributed by atoms with Crippen molar-refractivity contribution < 1.29 is 4.74 Å². The van der Waals surface area contributed by atoms with Gasteiger partial charge in [-0.3, -0.25) is 0 Å². The Bertz CT molecular complexity index is 469. The molecular formula is C11H14N4OS. The van der Waals surface area contributed by atoms with E-state index in [0.717, 1.165) is 28.0 Å². The molecule has 6 heteroatoms.